The maximum absolute atomic E-state index is 5.96. The van der Waals surface area contributed by atoms with Crippen LogP contribution in [-0.2, 0) is 11.3 Å². The first-order valence-corrected chi connectivity index (χ1v) is 7.16. The molecule has 1 fully saturated rings. The summed E-state index contributed by atoms with van der Waals surface area (Å²) in [6.07, 6.45) is 2.33. The summed E-state index contributed by atoms with van der Waals surface area (Å²) in [6.45, 7) is 4.47. The minimum Gasteiger partial charge on any atom is -0.381 e. The second-order valence-corrected chi connectivity index (χ2v) is 5.94. The van der Waals surface area contributed by atoms with E-state index in [1.165, 1.54) is 12.0 Å². The van der Waals surface area contributed by atoms with Crippen molar-refractivity contribution in [3.05, 3.63) is 22.4 Å². The summed E-state index contributed by atoms with van der Waals surface area (Å²) in [5.74, 6) is 0. The van der Waals surface area contributed by atoms with Gasteiger partial charge in [-0.15, -0.1) is 0 Å². The van der Waals surface area contributed by atoms with Gasteiger partial charge in [-0.2, -0.15) is 11.3 Å². The van der Waals surface area contributed by atoms with E-state index in [9.17, 15) is 0 Å². The number of nitrogens with zero attached hydrogens (tertiary/aromatic N) is 1. The fraction of sp³-hybridized carbons (Fsp3) is 0.692. The zero-order valence-corrected chi connectivity index (χ0v) is 11.3. The maximum atomic E-state index is 5.96. The van der Waals surface area contributed by atoms with Gasteiger partial charge in [0, 0.05) is 31.7 Å². The molecule has 1 aliphatic rings. The van der Waals surface area contributed by atoms with Crippen LogP contribution in [0.5, 0.6) is 0 Å². The van der Waals surface area contributed by atoms with Gasteiger partial charge in [0.1, 0.15) is 0 Å². The molecule has 0 spiro atoms. The lowest BCUT2D eigenvalue weighted by atomic mass is 9.82. The molecule has 1 aliphatic heterocycles. The van der Waals surface area contributed by atoms with Crippen LogP contribution in [0.15, 0.2) is 16.8 Å². The van der Waals surface area contributed by atoms with Crippen molar-refractivity contribution in [1.29, 1.82) is 0 Å². The van der Waals surface area contributed by atoms with Crippen molar-refractivity contribution in [1.82, 2.24) is 4.90 Å². The highest BCUT2D eigenvalue weighted by atomic mass is 32.1. The molecule has 1 aromatic heterocycles. The Balaban J connectivity index is 1.89. The van der Waals surface area contributed by atoms with E-state index in [2.05, 4.69) is 28.8 Å². The molecule has 2 heterocycles. The van der Waals surface area contributed by atoms with E-state index in [1.54, 1.807) is 11.3 Å². The van der Waals surface area contributed by atoms with Crippen LogP contribution in [-0.4, -0.2) is 38.3 Å². The Morgan fingerprint density at radius 1 is 1.59 bits per heavy atom. The highest BCUT2D eigenvalue weighted by Crippen LogP contribution is 2.28. The number of rotatable bonds is 5. The second kappa shape index (κ2) is 5.96. The summed E-state index contributed by atoms with van der Waals surface area (Å²) in [7, 11) is 2.17. The molecular formula is C13H22N2OS. The molecule has 1 saturated heterocycles. The first-order chi connectivity index (χ1) is 8.24. The number of ether oxygens (including phenoxy) is 1. The standard InChI is InChI=1S/C13H22N2OS/c1-15(7-12-3-6-17-8-12)10-13(9-14)4-2-5-16-11-13/h3,6,8H,2,4-5,7,9-11,14H2,1H3. The van der Waals surface area contributed by atoms with E-state index in [0.29, 0.717) is 0 Å². The molecule has 1 unspecified atom stereocenters. The average molecular weight is 254 g/mol. The smallest absolute Gasteiger partial charge is 0.0546 e. The predicted molar refractivity (Wildman–Crippen MR) is 72.2 cm³/mol. The number of thiophene rings is 1. The van der Waals surface area contributed by atoms with E-state index in [0.717, 1.165) is 39.3 Å². The van der Waals surface area contributed by atoms with Gasteiger partial charge >= 0.3 is 0 Å². The van der Waals surface area contributed by atoms with Gasteiger partial charge in [-0.05, 0) is 42.3 Å². The van der Waals surface area contributed by atoms with Crippen LogP contribution in [0.25, 0.3) is 0 Å². The van der Waals surface area contributed by atoms with Gasteiger partial charge in [-0.25, -0.2) is 0 Å². The topological polar surface area (TPSA) is 38.5 Å². The van der Waals surface area contributed by atoms with Crippen LogP contribution in [0.4, 0.5) is 0 Å². The normalized spacial score (nSPS) is 25.4. The van der Waals surface area contributed by atoms with E-state index >= 15 is 0 Å². The monoisotopic (exact) mass is 254 g/mol. The molecule has 0 bridgehead atoms. The average Bonchev–Trinajstić information content (AvgIpc) is 2.83. The van der Waals surface area contributed by atoms with Crippen LogP contribution in [0.1, 0.15) is 18.4 Å². The van der Waals surface area contributed by atoms with Crippen LogP contribution < -0.4 is 5.73 Å². The van der Waals surface area contributed by atoms with Crippen LogP contribution in [0.3, 0.4) is 0 Å². The molecule has 4 heteroatoms. The molecule has 2 rings (SSSR count). The summed E-state index contributed by atoms with van der Waals surface area (Å²) in [5.41, 5.74) is 7.52. The van der Waals surface area contributed by atoms with Gasteiger partial charge in [0.25, 0.3) is 0 Å². The van der Waals surface area contributed by atoms with Crippen LogP contribution >= 0.6 is 11.3 Å². The van der Waals surface area contributed by atoms with Crippen LogP contribution in [0.2, 0.25) is 0 Å². The SMILES string of the molecule is CN(Cc1ccsc1)CC1(CN)CCCOC1. The van der Waals surface area contributed by atoms with Crippen molar-refractivity contribution in [2.24, 2.45) is 11.1 Å². The van der Waals surface area contributed by atoms with E-state index < -0.39 is 0 Å². The second-order valence-electron chi connectivity index (χ2n) is 5.16. The lowest BCUT2D eigenvalue weighted by molar-refractivity contribution is -0.0192. The van der Waals surface area contributed by atoms with Gasteiger partial charge in [0.15, 0.2) is 0 Å². The van der Waals surface area contributed by atoms with Gasteiger partial charge in [0.2, 0.25) is 0 Å². The highest BCUT2D eigenvalue weighted by Gasteiger charge is 2.32. The molecule has 0 saturated carbocycles. The first-order valence-electron chi connectivity index (χ1n) is 6.22. The molecule has 0 aromatic carbocycles. The Morgan fingerprint density at radius 2 is 2.47 bits per heavy atom. The zero-order chi connectivity index (χ0) is 12.1. The predicted octanol–water partition coefficient (Wildman–Crippen LogP) is 1.94. The lowest BCUT2D eigenvalue weighted by Crippen LogP contribution is -2.46. The van der Waals surface area contributed by atoms with E-state index in [4.69, 9.17) is 10.5 Å². The quantitative estimate of drug-likeness (QED) is 0.872. The summed E-state index contributed by atoms with van der Waals surface area (Å²) < 4.78 is 5.61. The van der Waals surface area contributed by atoms with Crippen molar-refractivity contribution < 1.29 is 4.74 Å². The summed E-state index contributed by atoms with van der Waals surface area (Å²) in [6, 6.07) is 2.19. The van der Waals surface area contributed by atoms with E-state index in [-0.39, 0.29) is 5.41 Å². The minimum absolute atomic E-state index is 0.170. The third kappa shape index (κ3) is 3.52. The molecule has 0 amide bonds. The summed E-state index contributed by atoms with van der Waals surface area (Å²) >= 11 is 1.76. The summed E-state index contributed by atoms with van der Waals surface area (Å²) in [5, 5.41) is 4.34. The molecular weight excluding hydrogens is 232 g/mol. The Morgan fingerprint density at radius 3 is 3.06 bits per heavy atom. The molecule has 17 heavy (non-hydrogen) atoms. The Kier molecular flexibility index (Phi) is 4.56. The summed E-state index contributed by atoms with van der Waals surface area (Å²) in [4.78, 5) is 2.36. The molecule has 96 valence electrons. The molecule has 2 N–H and O–H groups in total. The van der Waals surface area contributed by atoms with Crippen molar-refractivity contribution in [3.63, 3.8) is 0 Å². The Bertz CT molecular complexity index is 320. The molecule has 1 aromatic rings. The third-order valence-electron chi connectivity index (χ3n) is 3.47. The number of hydrogen-bond acceptors (Lipinski definition) is 4. The largest absolute Gasteiger partial charge is 0.381 e. The lowest BCUT2D eigenvalue weighted by Gasteiger charge is -2.38. The van der Waals surface area contributed by atoms with Gasteiger partial charge in [-0.1, -0.05) is 0 Å². The maximum Gasteiger partial charge on any atom is 0.0546 e. The van der Waals surface area contributed by atoms with Crippen molar-refractivity contribution >= 4 is 11.3 Å². The van der Waals surface area contributed by atoms with Gasteiger partial charge in [0.05, 0.1) is 6.61 Å². The molecule has 0 radical (unpaired) electrons. The fourth-order valence-corrected chi connectivity index (χ4v) is 3.24. The highest BCUT2D eigenvalue weighted by molar-refractivity contribution is 7.07. The Hall–Kier alpha value is -0.420. The molecule has 1 atom stereocenters. The van der Waals surface area contributed by atoms with Crippen molar-refractivity contribution in [3.8, 4) is 0 Å². The first kappa shape index (κ1) is 13.0. The molecule has 0 aliphatic carbocycles. The number of nitrogens with two attached hydrogens (primary N) is 1. The van der Waals surface area contributed by atoms with Crippen molar-refractivity contribution in [2.75, 3.05) is 33.4 Å². The van der Waals surface area contributed by atoms with Gasteiger partial charge in [-0.3, -0.25) is 0 Å². The third-order valence-corrected chi connectivity index (χ3v) is 4.21. The van der Waals surface area contributed by atoms with Crippen LogP contribution in [0, 0.1) is 5.41 Å². The Labute approximate surface area is 108 Å². The number of hydrogen-bond donors (Lipinski definition) is 1. The fourth-order valence-electron chi connectivity index (χ4n) is 2.58. The van der Waals surface area contributed by atoms with Crippen molar-refractivity contribution in [2.45, 2.75) is 19.4 Å². The van der Waals surface area contributed by atoms with E-state index in [1.807, 2.05) is 0 Å². The molecule has 3 nitrogen and oxygen atoms in total. The minimum atomic E-state index is 0.170. The zero-order valence-electron chi connectivity index (χ0n) is 10.5. The van der Waals surface area contributed by atoms with Gasteiger partial charge < -0.3 is 15.4 Å².